The fraction of sp³-hybridized carbons (Fsp3) is 0.562. The lowest BCUT2D eigenvalue weighted by atomic mass is 9.95. The molecule has 1 heterocycles. The molecule has 1 amide bonds. The molecule has 2 unspecified atom stereocenters. The number of carbonyl (C=O) groups is 1. The smallest absolute Gasteiger partial charge is 0.220 e. The first-order valence-electron chi connectivity index (χ1n) is 7.42. The van der Waals surface area contributed by atoms with Gasteiger partial charge in [-0.25, -0.2) is 4.39 Å². The molecule has 0 aromatic heterocycles. The molecule has 1 aromatic rings. The fourth-order valence-electron chi connectivity index (χ4n) is 2.63. The number of aryl methyl sites for hydroxylation is 1. The highest BCUT2D eigenvalue weighted by molar-refractivity contribution is 5.76. The summed E-state index contributed by atoms with van der Waals surface area (Å²) in [5.41, 5.74) is 0.807. The average Bonchev–Trinajstić information content (AvgIpc) is 2.48. The van der Waals surface area contributed by atoms with Gasteiger partial charge < -0.3 is 15.4 Å². The van der Waals surface area contributed by atoms with E-state index in [1.165, 1.54) is 13.2 Å². The molecule has 0 spiro atoms. The summed E-state index contributed by atoms with van der Waals surface area (Å²) in [4.78, 5) is 12.0. The van der Waals surface area contributed by atoms with Crippen LogP contribution in [0.25, 0.3) is 0 Å². The van der Waals surface area contributed by atoms with Gasteiger partial charge in [-0.05, 0) is 49.5 Å². The molecule has 2 rings (SSSR count). The Labute approximate surface area is 125 Å². The van der Waals surface area contributed by atoms with Gasteiger partial charge in [0, 0.05) is 12.5 Å². The minimum absolute atomic E-state index is 0.0324. The first kappa shape index (κ1) is 15.8. The van der Waals surface area contributed by atoms with E-state index in [4.69, 9.17) is 4.74 Å². The van der Waals surface area contributed by atoms with E-state index < -0.39 is 0 Å². The molecule has 116 valence electrons. The van der Waals surface area contributed by atoms with Gasteiger partial charge in [0.1, 0.15) is 0 Å². The lowest BCUT2D eigenvalue weighted by Crippen LogP contribution is -2.48. The second-order valence-corrected chi connectivity index (χ2v) is 5.61. The standard InChI is InChI=1S/C16H23FN2O2/c1-11-10-18-8-7-14(11)19-16(20)6-4-12-3-5-15(21-2)13(17)9-12/h3,5,9,11,14,18H,4,6-8,10H2,1-2H3,(H,19,20). The van der Waals surface area contributed by atoms with E-state index in [2.05, 4.69) is 17.6 Å². The van der Waals surface area contributed by atoms with Crippen molar-refractivity contribution < 1.29 is 13.9 Å². The molecule has 1 aliphatic rings. The number of amides is 1. The van der Waals surface area contributed by atoms with Crippen LogP contribution in [0.1, 0.15) is 25.3 Å². The normalized spacial score (nSPS) is 21.9. The van der Waals surface area contributed by atoms with Crippen molar-refractivity contribution in [3.8, 4) is 5.75 Å². The summed E-state index contributed by atoms with van der Waals surface area (Å²) in [7, 11) is 1.44. The average molecular weight is 294 g/mol. The van der Waals surface area contributed by atoms with Gasteiger partial charge in [0.2, 0.25) is 5.91 Å². The summed E-state index contributed by atoms with van der Waals surface area (Å²) in [5.74, 6) is 0.320. The molecule has 0 aliphatic carbocycles. The van der Waals surface area contributed by atoms with E-state index in [0.29, 0.717) is 18.8 Å². The lowest BCUT2D eigenvalue weighted by Gasteiger charge is -2.30. The first-order valence-corrected chi connectivity index (χ1v) is 7.42. The number of methoxy groups -OCH3 is 1. The SMILES string of the molecule is COc1ccc(CCC(=O)NC2CCNCC2C)cc1F. The second-order valence-electron chi connectivity index (χ2n) is 5.61. The number of halogens is 1. The molecule has 0 saturated carbocycles. The summed E-state index contributed by atoms with van der Waals surface area (Å²) >= 11 is 0. The molecule has 1 saturated heterocycles. The first-order chi connectivity index (χ1) is 10.1. The Hall–Kier alpha value is -1.62. The molecule has 4 nitrogen and oxygen atoms in total. The molecule has 1 aliphatic heterocycles. The van der Waals surface area contributed by atoms with Crippen molar-refractivity contribution in [2.45, 2.75) is 32.2 Å². The Morgan fingerprint density at radius 1 is 1.52 bits per heavy atom. The highest BCUT2D eigenvalue weighted by Gasteiger charge is 2.22. The van der Waals surface area contributed by atoms with Crippen molar-refractivity contribution in [3.05, 3.63) is 29.6 Å². The maximum atomic E-state index is 13.6. The maximum Gasteiger partial charge on any atom is 0.220 e. The van der Waals surface area contributed by atoms with Gasteiger partial charge in [-0.3, -0.25) is 4.79 Å². The highest BCUT2D eigenvalue weighted by atomic mass is 19.1. The second kappa shape index (κ2) is 7.41. The summed E-state index contributed by atoms with van der Waals surface area (Å²) < 4.78 is 18.4. The van der Waals surface area contributed by atoms with Crippen LogP contribution in [-0.2, 0) is 11.2 Å². The van der Waals surface area contributed by atoms with Gasteiger partial charge in [-0.15, -0.1) is 0 Å². The van der Waals surface area contributed by atoms with Gasteiger partial charge in [-0.1, -0.05) is 13.0 Å². The van der Waals surface area contributed by atoms with Gasteiger partial charge in [-0.2, -0.15) is 0 Å². The molecule has 1 fully saturated rings. The van der Waals surface area contributed by atoms with Gasteiger partial charge in [0.15, 0.2) is 11.6 Å². The van der Waals surface area contributed by atoms with Crippen LogP contribution >= 0.6 is 0 Å². The molecule has 0 bridgehead atoms. The fourth-order valence-corrected chi connectivity index (χ4v) is 2.63. The number of carbonyl (C=O) groups excluding carboxylic acids is 1. The van der Waals surface area contributed by atoms with Crippen molar-refractivity contribution in [1.82, 2.24) is 10.6 Å². The lowest BCUT2D eigenvalue weighted by molar-refractivity contribution is -0.122. The predicted octanol–water partition coefficient (Wildman–Crippen LogP) is 1.88. The zero-order chi connectivity index (χ0) is 15.2. The molecule has 5 heteroatoms. The molecule has 2 atom stereocenters. The number of ether oxygens (including phenoxy) is 1. The predicted molar refractivity (Wildman–Crippen MR) is 79.9 cm³/mol. The Morgan fingerprint density at radius 3 is 3.00 bits per heavy atom. The Balaban J connectivity index is 1.82. The largest absolute Gasteiger partial charge is 0.494 e. The minimum Gasteiger partial charge on any atom is -0.494 e. The molecular formula is C16H23FN2O2. The van der Waals surface area contributed by atoms with Crippen LogP contribution in [0.5, 0.6) is 5.75 Å². The van der Waals surface area contributed by atoms with Crippen LogP contribution in [0.2, 0.25) is 0 Å². The third-order valence-corrected chi connectivity index (χ3v) is 3.99. The zero-order valence-corrected chi connectivity index (χ0v) is 12.6. The Morgan fingerprint density at radius 2 is 2.33 bits per heavy atom. The van der Waals surface area contributed by atoms with Gasteiger partial charge in [0.25, 0.3) is 0 Å². The Kier molecular flexibility index (Phi) is 5.56. The van der Waals surface area contributed by atoms with Crippen LogP contribution in [0, 0.1) is 11.7 Å². The van der Waals surface area contributed by atoms with Crippen LogP contribution in [-0.4, -0.2) is 32.1 Å². The van der Waals surface area contributed by atoms with Crippen LogP contribution in [0.15, 0.2) is 18.2 Å². The third-order valence-electron chi connectivity index (χ3n) is 3.99. The number of hydrogen-bond acceptors (Lipinski definition) is 3. The van der Waals surface area contributed by atoms with Gasteiger partial charge >= 0.3 is 0 Å². The van der Waals surface area contributed by atoms with Gasteiger partial charge in [0.05, 0.1) is 7.11 Å². The van der Waals surface area contributed by atoms with Crippen LogP contribution in [0.4, 0.5) is 4.39 Å². The summed E-state index contributed by atoms with van der Waals surface area (Å²) in [6.45, 7) is 4.02. The summed E-state index contributed by atoms with van der Waals surface area (Å²) in [6, 6.07) is 5.06. The molecule has 0 radical (unpaired) electrons. The number of piperidine rings is 1. The van der Waals surface area contributed by atoms with Crippen molar-refractivity contribution >= 4 is 5.91 Å². The molecule has 2 N–H and O–H groups in total. The monoisotopic (exact) mass is 294 g/mol. The number of hydrogen-bond donors (Lipinski definition) is 2. The van der Waals surface area contributed by atoms with Crippen LogP contribution < -0.4 is 15.4 Å². The zero-order valence-electron chi connectivity index (χ0n) is 12.6. The highest BCUT2D eigenvalue weighted by Crippen LogP contribution is 2.18. The summed E-state index contributed by atoms with van der Waals surface area (Å²) in [5, 5.41) is 6.39. The van der Waals surface area contributed by atoms with E-state index in [0.717, 1.165) is 25.1 Å². The van der Waals surface area contributed by atoms with E-state index in [9.17, 15) is 9.18 Å². The summed E-state index contributed by atoms with van der Waals surface area (Å²) in [6.07, 6.45) is 1.87. The molecule has 1 aromatic carbocycles. The van der Waals surface area contributed by atoms with E-state index in [1.807, 2.05) is 0 Å². The molecular weight excluding hydrogens is 271 g/mol. The van der Waals surface area contributed by atoms with Crippen molar-refractivity contribution in [2.75, 3.05) is 20.2 Å². The van der Waals surface area contributed by atoms with Crippen molar-refractivity contribution in [1.29, 1.82) is 0 Å². The minimum atomic E-state index is -0.387. The van der Waals surface area contributed by atoms with Crippen molar-refractivity contribution in [3.63, 3.8) is 0 Å². The topological polar surface area (TPSA) is 50.4 Å². The van der Waals surface area contributed by atoms with E-state index in [-0.39, 0.29) is 23.5 Å². The number of rotatable bonds is 5. The van der Waals surface area contributed by atoms with Crippen LogP contribution in [0.3, 0.4) is 0 Å². The number of benzene rings is 1. The molecule has 21 heavy (non-hydrogen) atoms. The van der Waals surface area contributed by atoms with Crippen molar-refractivity contribution in [2.24, 2.45) is 5.92 Å². The maximum absolute atomic E-state index is 13.6. The Bertz CT molecular complexity index is 493. The third kappa shape index (κ3) is 4.43. The van der Waals surface area contributed by atoms with E-state index >= 15 is 0 Å². The van der Waals surface area contributed by atoms with E-state index in [1.54, 1.807) is 12.1 Å². The number of nitrogens with one attached hydrogen (secondary N) is 2. The quantitative estimate of drug-likeness (QED) is 0.872.